The van der Waals surface area contributed by atoms with Gasteiger partial charge in [-0.25, -0.2) is 0 Å². The number of aliphatic hydroxyl groups excluding tert-OH is 1. The van der Waals surface area contributed by atoms with Crippen LogP contribution in [0.5, 0.6) is 0 Å². The van der Waals surface area contributed by atoms with Crippen molar-refractivity contribution in [2.45, 2.75) is 84.0 Å². The third kappa shape index (κ3) is 2.35. The normalized spacial score (nSPS) is 48.4. The lowest BCUT2D eigenvalue weighted by Crippen LogP contribution is -2.51. The molecule has 4 rings (SSSR count). The van der Waals surface area contributed by atoms with Gasteiger partial charge in [-0.1, -0.05) is 39.3 Å². The Bertz CT molecular complexity index is 660. The minimum atomic E-state index is -0.793. The van der Waals surface area contributed by atoms with E-state index < -0.39 is 11.7 Å². The van der Waals surface area contributed by atoms with Gasteiger partial charge >= 0.3 is 0 Å². The van der Waals surface area contributed by atoms with Crippen LogP contribution in [0.15, 0.2) is 23.8 Å². The van der Waals surface area contributed by atoms with Crippen molar-refractivity contribution < 1.29 is 14.6 Å². The van der Waals surface area contributed by atoms with Gasteiger partial charge in [0.15, 0.2) is 11.4 Å². The highest BCUT2D eigenvalue weighted by atomic mass is 16.6. The molecule has 0 aromatic heterocycles. The van der Waals surface area contributed by atoms with Gasteiger partial charge in [0.2, 0.25) is 0 Å². The molecule has 0 aromatic rings. The maximum atomic E-state index is 12.7. The van der Waals surface area contributed by atoms with Gasteiger partial charge in [0, 0.05) is 0 Å². The van der Waals surface area contributed by atoms with Gasteiger partial charge in [-0.15, -0.1) is 0 Å². The van der Waals surface area contributed by atoms with Crippen LogP contribution in [0.3, 0.4) is 0 Å². The van der Waals surface area contributed by atoms with Crippen LogP contribution in [0, 0.1) is 22.7 Å². The number of carbonyl (C=O) groups excluding carboxylic acids is 1. The maximum absolute atomic E-state index is 12.7. The molecule has 6 atom stereocenters. The van der Waals surface area contributed by atoms with E-state index in [1.807, 2.05) is 6.92 Å². The van der Waals surface area contributed by atoms with Gasteiger partial charge in [0.25, 0.3) is 0 Å². The predicted octanol–water partition coefficient (Wildman–Crippen LogP) is 4.20. The Kier molecular flexibility index (Phi) is 3.70. The van der Waals surface area contributed by atoms with Crippen molar-refractivity contribution in [3.8, 4) is 0 Å². The minimum absolute atomic E-state index is 0.0499. The van der Waals surface area contributed by atoms with Crippen molar-refractivity contribution in [1.82, 2.24) is 0 Å². The highest BCUT2D eigenvalue weighted by molar-refractivity contribution is 6.01. The van der Waals surface area contributed by atoms with E-state index in [0.29, 0.717) is 23.7 Å². The second-order valence-corrected chi connectivity index (χ2v) is 9.98. The lowest BCUT2D eigenvalue weighted by molar-refractivity contribution is -0.122. The minimum Gasteiger partial charge on any atom is -0.386 e. The summed E-state index contributed by atoms with van der Waals surface area (Å²) < 4.78 is 5.90. The molecule has 0 unspecified atom stereocenters. The van der Waals surface area contributed by atoms with E-state index in [1.54, 1.807) is 6.08 Å². The van der Waals surface area contributed by atoms with Crippen molar-refractivity contribution in [3.05, 3.63) is 23.8 Å². The molecule has 0 spiro atoms. The Labute approximate surface area is 151 Å². The lowest BCUT2D eigenvalue weighted by Gasteiger charge is -2.58. The van der Waals surface area contributed by atoms with E-state index >= 15 is 0 Å². The second-order valence-electron chi connectivity index (χ2n) is 9.98. The molecule has 25 heavy (non-hydrogen) atoms. The van der Waals surface area contributed by atoms with Gasteiger partial charge in [-0.3, -0.25) is 4.79 Å². The van der Waals surface area contributed by atoms with Crippen molar-refractivity contribution >= 4 is 5.78 Å². The molecule has 3 aliphatic carbocycles. The molecule has 138 valence electrons. The topological polar surface area (TPSA) is 49.8 Å². The zero-order valence-electron chi connectivity index (χ0n) is 16.1. The summed E-state index contributed by atoms with van der Waals surface area (Å²) in [6, 6.07) is 0. The number of hydrogen-bond donors (Lipinski definition) is 1. The van der Waals surface area contributed by atoms with Crippen LogP contribution >= 0.6 is 0 Å². The summed E-state index contributed by atoms with van der Waals surface area (Å²) in [7, 11) is 0. The monoisotopic (exact) mass is 344 g/mol. The number of hydrogen-bond acceptors (Lipinski definition) is 3. The summed E-state index contributed by atoms with van der Waals surface area (Å²) in [5, 5.41) is 10.4. The van der Waals surface area contributed by atoms with Crippen LogP contribution in [-0.4, -0.2) is 28.7 Å². The number of fused-ring (bicyclic) bond motifs is 2. The first-order chi connectivity index (χ1) is 11.6. The van der Waals surface area contributed by atoms with Crippen LogP contribution in [0.4, 0.5) is 0 Å². The number of carbonyl (C=O) groups is 1. The van der Waals surface area contributed by atoms with Crippen molar-refractivity contribution in [2.75, 3.05) is 0 Å². The molecule has 3 nitrogen and oxygen atoms in total. The van der Waals surface area contributed by atoms with Crippen LogP contribution < -0.4 is 0 Å². The molecule has 0 radical (unpaired) electrons. The van der Waals surface area contributed by atoms with Gasteiger partial charge in [0.05, 0.1) is 0 Å². The molecule has 1 N–H and O–H groups in total. The Morgan fingerprint density at radius 3 is 2.76 bits per heavy atom. The Morgan fingerprint density at radius 1 is 1.32 bits per heavy atom. The third-order valence-electron chi connectivity index (χ3n) is 8.10. The van der Waals surface area contributed by atoms with Gasteiger partial charge in [-0.2, -0.15) is 0 Å². The summed E-state index contributed by atoms with van der Waals surface area (Å²) in [6.45, 7) is 13.5. The van der Waals surface area contributed by atoms with Crippen molar-refractivity contribution in [3.63, 3.8) is 0 Å². The molecule has 1 aliphatic heterocycles. The molecular weight excluding hydrogens is 312 g/mol. The van der Waals surface area contributed by atoms with E-state index in [1.165, 1.54) is 31.3 Å². The molecule has 0 aromatic carbocycles. The molecule has 3 heteroatoms. The van der Waals surface area contributed by atoms with Gasteiger partial charge in [0.1, 0.15) is 12.2 Å². The zero-order chi connectivity index (χ0) is 18.2. The van der Waals surface area contributed by atoms with Gasteiger partial charge in [-0.05, 0) is 73.3 Å². The Balaban J connectivity index is 1.66. The summed E-state index contributed by atoms with van der Waals surface area (Å²) in [5.74, 6) is 1.02. The van der Waals surface area contributed by atoms with Crippen LogP contribution in [-0.2, 0) is 9.53 Å². The molecule has 2 saturated carbocycles. The fourth-order valence-electron chi connectivity index (χ4n) is 6.58. The summed E-state index contributed by atoms with van der Waals surface area (Å²) in [6.07, 6.45) is 7.32. The third-order valence-corrected chi connectivity index (χ3v) is 8.10. The van der Waals surface area contributed by atoms with E-state index in [0.717, 1.165) is 12.0 Å². The summed E-state index contributed by atoms with van der Waals surface area (Å²) >= 11 is 0. The Morgan fingerprint density at radius 2 is 2.04 bits per heavy atom. The molecule has 1 saturated heterocycles. The SMILES string of the molecule is C=C1CC[C@@H]2C(C)(C)CCC[C@@]2(C)[C@@H]1C[C@]12O[C@@H]1[C@H](O)C(C)=CC2=O. The van der Waals surface area contributed by atoms with Crippen LogP contribution in [0.1, 0.15) is 66.2 Å². The molecule has 0 bridgehead atoms. The fourth-order valence-corrected chi connectivity index (χ4v) is 6.58. The van der Waals surface area contributed by atoms with Gasteiger partial charge < -0.3 is 9.84 Å². The van der Waals surface area contributed by atoms with E-state index in [4.69, 9.17) is 4.74 Å². The standard InChI is InChI=1S/C22H32O3/c1-13-7-8-16-20(3,4)9-6-10-21(16,5)15(13)12-22-17(23)11-14(2)18(24)19(22)25-22/h11,15-16,18-19,24H,1,6-10,12H2,2-5H3/t15-,16-,18-,19-,21+,22-/m1/s1. The first-order valence-electron chi connectivity index (χ1n) is 9.88. The lowest BCUT2D eigenvalue weighted by atomic mass is 9.46. The molecular formula is C22H32O3. The van der Waals surface area contributed by atoms with Crippen molar-refractivity contribution in [2.24, 2.45) is 22.7 Å². The van der Waals surface area contributed by atoms with Crippen LogP contribution in [0.2, 0.25) is 0 Å². The first-order valence-corrected chi connectivity index (χ1v) is 9.88. The van der Waals surface area contributed by atoms with Crippen LogP contribution in [0.25, 0.3) is 0 Å². The number of ketones is 1. The zero-order valence-corrected chi connectivity index (χ0v) is 16.1. The molecule has 1 heterocycles. The van der Waals surface area contributed by atoms with E-state index in [-0.39, 0.29) is 17.3 Å². The van der Waals surface area contributed by atoms with E-state index in [2.05, 4.69) is 27.4 Å². The number of rotatable bonds is 2. The fraction of sp³-hybridized carbons (Fsp3) is 0.773. The number of ether oxygens (including phenoxy) is 1. The van der Waals surface area contributed by atoms with Crippen molar-refractivity contribution in [1.29, 1.82) is 0 Å². The average Bonchev–Trinajstić information content (AvgIpc) is 3.25. The second kappa shape index (κ2) is 5.29. The average molecular weight is 344 g/mol. The largest absolute Gasteiger partial charge is 0.386 e. The number of epoxide rings is 1. The molecule has 4 aliphatic rings. The quantitative estimate of drug-likeness (QED) is 0.603. The molecule has 0 amide bonds. The Hall–Kier alpha value is -0.930. The smallest absolute Gasteiger partial charge is 0.190 e. The maximum Gasteiger partial charge on any atom is 0.190 e. The number of allylic oxidation sites excluding steroid dienone is 1. The highest BCUT2D eigenvalue weighted by Crippen LogP contribution is 2.64. The summed E-state index contributed by atoms with van der Waals surface area (Å²) in [5.41, 5.74) is 1.75. The highest BCUT2D eigenvalue weighted by Gasteiger charge is 2.68. The summed E-state index contributed by atoms with van der Waals surface area (Å²) in [4.78, 5) is 12.7. The molecule has 3 fully saturated rings. The first kappa shape index (κ1) is 17.5. The predicted molar refractivity (Wildman–Crippen MR) is 98.1 cm³/mol. The van der Waals surface area contributed by atoms with E-state index in [9.17, 15) is 9.90 Å². The number of aliphatic hydroxyl groups is 1.